The molecule has 0 aliphatic heterocycles. The van der Waals surface area contributed by atoms with Crippen LogP contribution in [0.4, 0.5) is 11.5 Å². The van der Waals surface area contributed by atoms with E-state index in [1.54, 1.807) is 12.3 Å². The molecule has 0 aliphatic rings. The minimum absolute atomic E-state index is 0.00108. The fraction of sp³-hybridized carbons (Fsp3) is 0.286. The van der Waals surface area contributed by atoms with Crippen molar-refractivity contribution in [1.29, 1.82) is 0 Å². The van der Waals surface area contributed by atoms with E-state index < -0.39 is 4.92 Å². The van der Waals surface area contributed by atoms with Gasteiger partial charge in [-0.1, -0.05) is 6.07 Å². The van der Waals surface area contributed by atoms with Crippen molar-refractivity contribution < 1.29 is 4.92 Å². The average Bonchev–Trinajstić information content (AvgIpc) is 2.49. The van der Waals surface area contributed by atoms with E-state index in [0.29, 0.717) is 0 Å². The molecule has 2 aromatic heterocycles. The molecule has 0 spiro atoms. The molecule has 0 saturated heterocycles. The molecule has 2 aromatic rings. The van der Waals surface area contributed by atoms with Crippen molar-refractivity contribution in [3.05, 3.63) is 58.5 Å². The molecular formula is C14H16N4O2. The van der Waals surface area contributed by atoms with Crippen molar-refractivity contribution in [3.8, 4) is 0 Å². The van der Waals surface area contributed by atoms with Gasteiger partial charge < -0.3 is 4.90 Å². The van der Waals surface area contributed by atoms with Crippen molar-refractivity contribution in [2.45, 2.75) is 19.9 Å². The first-order valence-electron chi connectivity index (χ1n) is 6.40. The maximum absolute atomic E-state index is 10.7. The van der Waals surface area contributed by atoms with Crippen LogP contribution in [-0.4, -0.2) is 21.4 Å². The fourth-order valence-corrected chi connectivity index (χ4v) is 2.09. The summed E-state index contributed by atoms with van der Waals surface area (Å²) < 4.78 is 0. The minimum atomic E-state index is -0.447. The Hall–Kier alpha value is -2.50. The van der Waals surface area contributed by atoms with E-state index in [9.17, 15) is 10.1 Å². The topological polar surface area (TPSA) is 72.2 Å². The summed E-state index contributed by atoms with van der Waals surface area (Å²) in [6.45, 7) is 4.83. The molecule has 1 unspecified atom stereocenters. The Kier molecular flexibility index (Phi) is 4.24. The Morgan fingerprint density at radius 2 is 2.15 bits per heavy atom. The Morgan fingerprint density at radius 1 is 1.35 bits per heavy atom. The second-order valence-corrected chi connectivity index (χ2v) is 4.38. The van der Waals surface area contributed by atoms with Gasteiger partial charge in [0.15, 0.2) is 0 Å². The third kappa shape index (κ3) is 2.90. The predicted molar refractivity (Wildman–Crippen MR) is 76.6 cm³/mol. The number of anilines is 1. The molecule has 6 heteroatoms. The number of hydrogen-bond acceptors (Lipinski definition) is 5. The van der Waals surface area contributed by atoms with Crippen molar-refractivity contribution >= 4 is 11.5 Å². The van der Waals surface area contributed by atoms with Gasteiger partial charge in [0.05, 0.1) is 11.0 Å². The van der Waals surface area contributed by atoms with Gasteiger partial charge in [-0.25, -0.2) is 4.98 Å². The third-order valence-corrected chi connectivity index (χ3v) is 3.21. The first kappa shape index (κ1) is 13.9. The Morgan fingerprint density at radius 3 is 2.65 bits per heavy atom. The molecule has 2 rings (SSSR count). The monoisotopic (exact) mass is 272 g/mol. The molecule has 0 fully saturated rings. The lowest BCUT2D eigenvalue weighted by atomic mass is 10.1. The van der Waals surface area contributed by atoms with Gasteiger partial charge >= 0.3 is 0 Å². The predicted octanol–water partition coefficient (Wildman–Crippen LogP) is 2.97. The van der Waals surface area contributed by atoms with Gasteiger partial charge in [-0.15, -0.1) is 0 Å². The van der Waals surface area contributed by atoms with Crippen molar-refractivity contribution in [2.24, 2.45) is 0 Å². The van der Waals surface area contributed by atoms with Crippen molar-refractivity contribution in [3.63, 3.8) is 0 Å². The van der Waals surface area contributed by atoms with Crippen LogP contribution in [0.2, 0.25) is 0 Å². The van der Waals surface area contributed by atoms with E-state index in [-0.39, 0.29) is 11.7 Å². The van der Waals surface area contributed by atoms with Gasteiger partial charge in [-0.3, -0.25) is 15.1 Å². The molecule has 0 N–H and O–H groups in total. The molecule has 20 heavy (non-hydrogen) atoms. The highest BCUT2D eigenvalue weighted by molar-refractivity contribution is 5.45. The lowest BCUT2D eigenvalue weighted by Gasteiger charge is -2.29. The van der Waals surface area contributed by atoms with Gasteiger partial charge in [0.25, 0.3) is 5.69 Å². The quantitative estimate of drug-likeness (QED) is 0.618. The van der Waals surface area contributed by atoms with E-state index in [1.165, 1.54) is 12.3 Å². The summed E-state index contributed by atoms with van der Waals surface area (Å²) in [6.07, 6.45) is 4.84. The van der Waals surface area contributed by atoms with Gasteiger partial charge in [0, 0.05) is 25.0 Å². The standard InChI is InChI=1S/C14H16N4O2/c1-3-17(11(2)12-5-4-8-15-9-12)14-7-6-13(10-16-14)18(19)20/h4-11H,3H2,1-2H3. The fourth-order valence-electron chi connectivity index (χ4n) is 2.09. The van der Waals surface area contributed by atoms with E-state index in [1.807, 2.05) is 25.3 Å². The highest BCUT2D eigenvalue weighted by Gasteiger charge is 2.17. The van der Waals surface area contributed by atoms with E-state index >= 15 is 0 Å². The number of rotatable bonds is 5. The molecule has 0 aliphatic carbocycles. The summed E-state index contributed by atoms with van der Waals surface area (Å²) in [4.78, 5) is 20.6. The number of aromatic nitrogens is 2. The number of nitro groups is 1. The molecule has 1 atom stereocenters. The van der Waals surface area contributed by atoms with Crippen LogP contribution >= 0.6 is 0 Å². The number of hydrogen-bond donors (Lipinski definition) is 0. The summed E-state index contributed by atoms with van der Waals surface area (Å²) in [6, 6.07) is 7.15. The van der Waals surface area contributed by atoms with Crippen LogP contribution in [0.25, 0.3) is 0 Å². The number of nitrogens with zero attached hydrogens (tertiary/aromatic N) is 4. The lowest BCUT2D eigenvalue weighted by molar-refractivity contribution is -0.385. The summed E-state index contributed by atoms with van der Waals surface area (Å²) in [5.74, 6) is 0.717. The van der Waals surface area contributed by atoms with Gasteiger partial charge in [0.2, 0.25) is 0 Å². The van der Waals surface area contributed by atoms with Crippen LogP contribution in [0.5, 0.6) is 0 Å². The molecule has 0 bridgehead atoms. The number of pyridine rings is 2. The smallest absolute Gasteiger partial charge is 0.287 e. The zero-order valence-corrected chi connectivity index (χ0v) is 11.4. The summed E-state index contributed by atoms with van der Waals surface area (Å²) in [5.41, 5.74) is 1.08. The molecule has 2 heterocycles. The second-order valence-electron chi connectivity index (χ2n) is 4.38. The average molecular weight is 272 g/mol. The molecule has 0 aromatic carbocycles. The largest absolute Gasteiger partial charge is 0.350 e. The zero-order chi connectivity index (χ0) is 14.5. The van der Waals surface area contributed by atoms with E-state index in [2.05, 4.69) is 21.8 Å². The van der Waals surface area contributed by atoms with Gasteiger partial charge in [-0.2, -0.15) is 0 Å². The van der Waals surface area contributed by atoms with Crippen LogP contribution in [-0.2, 0) is 0 Å². The Balaban J connectivity index is 2.25. The molecule has 6 nitrogen and oxygen atoms in total. The van der Waals surface area contributed by atoms with Crippen LogP contribution in [0.3, 0.4) is 0 Å². The second kappa shape index (κ2) is 6.10. The third-order valence-electron chi connectivity index (χ3n) is 3.21. The first-order chi connectivity index (χ1) is 9.63. The molecule has 0 radical (unpaired) electrons. The normalized spacial score (nSPS) is 11.9. The SMILES string of the molecule is CCN(c1ccc([N+](=O)[O-])cn1)C(C)c1cccnc1. The minimum Gasteiger partial charge on any atom is -0.350 e. The van der Waals surface area contributed by atoms with E-state index in [4.69, 9.17) is 0 Å². The Bertz CT molecular complexity index is 571. The summed E-state index contributed by atoms with van der Waals surface area (Å²) in [5, 5.41) is 10.7. The molecular weight excluding hydrogens is 256 g/mol. The molecule has 0 saturated carbocycles. The van der Waals surface area contributed by atoms with Gasteiger partial charge in [0.1, 0.15) is 12.0 Å². The highest BCUT2D eigenvalue weighted by Crippen LogP contribution is 2.25. The van der Waals surface area contributed by atoms with Crippen molar-refractivity contribution in [1.82, 2.24) is 9.97 Å². The summed E-state index contributed by atoms with van der Waals surface area (Å²) in [7, 11) is 0. The molecule has 0 amide bonds. The molecule has 104 valence electrons. The van der Waals surface area contributed by atoms with Crippen LogP contribution in [0.1, 0.15) is 25.5 Å². The van der Waals surface area contributed by atoms with Gasteiger partial charge in [-0.05, 0) is 31.5 Å². The maximum atomic E-state index is 10.7. The maximum Gasteiger partial charge on any atom is 0.287 e. The highest BCUT2D eigenvalue weighted by atomic mass is 16.6. The first-order valence-corrected chi connectivity index (χ1v) is 6.40. The zero-order valence-electron chi connectivity index (χ0n) is 11.4. The summed E-state index contributed by atoms with van der Waals surface area (Å²) >= 11 is 0. The van der Waals surface area contributed by atoms with Crippen LogP contribution < -0.4 is 4.90 Å². The van der Waals surface area contributed by atoms with Crippen molar-refractivity contribution in [2.75, 3.05) is 11.4 Å². The Labute approximate surface area is 117 Å². The van der Waals surface area contributed by atoms with Crippen LogP contribution in [0, 0.1) is 10.1 Å². The lowest BCUT2D eigenvalue weighted by Crippen LogP contribution is -2.27. The van der Waals surface area contributed by atoms with Crippen LogP contribution in [0.15, 0.2) is 42.9 Å². The van der Waals surface area contributed by atoms with E-state index in [0.717, 1.165) is 17.9 Å².